The third-order valence-electron chi connectivity index (χ3n) is 5.26. The van der Waals surface area contributed by atoms with Gasteiger partial charge in [0.05, 0.1) is 6.04 Å². The molecule has 2 aromatic carbocycles. The fraction of sp³-hybridized carbons (Fsp3) is 0.381. The van der Waals surface area contributed by atoms with Crippen LogP contribution in [-0.2, 0) is 11.3 Å². The van der Waals surface area contributed by atoms with Crippen molar-refractivity contribution in [3.8, 4) is 0 Å². The van der Waals surface area contributed by atoms with E-state index in [1.807, 2.05) is 37.3 Å². The van der Waals surface area contributed by atoms with Crippen LogP contribution in [-0.4, -0.2) is 36.0 Å². The second kappa shape index (κ2) is 7.81. The quantitative estimate of drug-likeness (QED) is 0.881. The standard InChI is InChI=1S/C21H27N3O/c1-15-8-6-7-11-18(15)12-23-21(25)16(2)24-13-19(20(22)14-24)17-9-4-3-5-10-17/h3-11,16,19-20H,12-14,22H2,1-2H3,(H,23,25)/t16?,19-,20+/m0/s1. The number of aryl methyl sites for hydroxylation is 1. The van der Waals surface area contributed by atoms with Crippen LogP contribution in [0.3, 0.4) is 0 Å². The summed E-state index contributed by atoms with van der Waals surface area (Å²) in [4.78, 5) is 14.8. The van der Waals surface area contributed by atoms with Crippen molar-refractivity contribution in [1.82, 2.24) is 10.2 Å². The van der Waals surface area contributed by atoms with E-state index in [9.17, 15) is 4.79 Å². The Kier molecular flexibility index (Phi) is 5.51. The van der Waals surface area contributed by atoms with Gasteiger partial charge < -0.3 is 11.1 Å². The average Bonchev–Trinajstić information content (AvgIpc) is 3.02. The highest BCUT2D eigenvalue weighted by Crippen LogP contribution is 2.27. The molecule has 0 aliphatic carbocycles. The lowest BCUT2D eigenvalue weighted by Gasteiger charge is -2.23. The maximum atomic E-state index is 12.6. The van der Waals surface area contributed by atoms with E-state index in [1.165, 1.54) is 11.1 Å². The molecule has 1 fully saturated rings. The van der Waals surface area contributed by atoms with E-state index < -0.39 is 0 Å². The highest BCUT2D eigenvalue weighted by atomic mass is 16.2. The number of nitrogens with two attached hydrogens (primary N) is 1. The van der Waals surface area contributed by atoms with E-state index >= 15 is 0 Å². The lowest BCUT2D eigenvalue weighted by molar-refractivity contribution is -0.125. The van der Waals surface area contributed by atoms with Gasteiger partial charge in [-0.1, -0.05) is 54.6 Å². The van der Waals surface area contributed by atoms with E-state index in [0.717, 1.165) is 18.7 Å². The Morgan fingerprint density at radius 1 is 1.16 bits per heavy atom. The van der Waals surface area contributed by atoms with Crippen LogP contribution in [0, 0.1) is 6.92 Å². The molecule has 1 amide bonds. The maximum Gasteiger partial charge on any atom is 0.237 e. The Labute approximate surface area is 150 Å². The smallest absolute Gasteiger partial charge is 0.237 e. The minimum Gasteiger partial charge on any atom is -0.351 e. The van der Waals surface area contributed by atoms with Gasteiger partial charge in [-0.3, -0.25) is 9.69 Å². The van der Waals surface area contributed by atoms with Crippen molar-refractivity contribution in [2.45, 2.75) is 38.4 Å². The number of hydrogen-bond acceptors (Lipinski definition) is 3. The second-order valence-corrected chi connectivity index (χ2v) is 6.96. The van der Waals surface area contributed by atoms with Crippen molar-refractivity contribution < 1.29 is 4.79 Å². The summed E-state index contributed by atoms with van der Waals surface area (Å²) in [5, 5.41) is 3.06. The summed E-state index contributed by atoms with van der Waals surface area (Å²) in [6, 6.07) is 18.4. The number of carbonyl (C=O) groups is 1. The monoisotopic (exact) mass is 337 g/mol. The van der Waals surface area contributed by atoms with Gasteiger partial charge >= 0.3 is 0 Å². The number of likely N-dealkylation sites (tertiary alicyclic amines) is 1. The topological polar surface area (TPSA) is 58.4 Å². The van der Waals surface area contributed by atoms with E-state index in [4.69, 9.17) is 5.73 Å². The summed E-state index contributed by atoms with van der Waals surface area (Å²) in [5.41, 5.74) is 9.96. The van der Waals surface area contributed by atoms with E-state index in [2.05, 4.69) is 41.4 Å². The van der Waals surface area contributed by atoms with Crippen LogP contribution in [0.1, 0.15) is 29.5 Å². The van der Waals surface area contributed by atoms with Crippen LogP contribution in [0.2, 0.25) is 0 Å². The molecule has 25 heavy (non-hydrogen) atoms. The van der Waals surface area contributed by atoms with Gasteiger partial charge in [-0.05, 0) is 30.5 Å². The van der Waals surface area contributed by atoms with Crippen molar-refractivity contribution >= 4 is 5.91 Å². The van der Waals surface area contributed by atoms with Gasteiger partial charge in [0, 0.05) is 31.6 Å². The Morgan fingerprint density at radius 2 is 1.84 bits per heavy atom. The van der Waals surface area contributed by atoms with Gasteiger partial charge in [0.2, 0.25) is 5.91 Å². The molecule has 1 unspecified atom stereocenters. The summed E-state index contributed by atoms with van der Waals surface area (Å²) in [5.74, 6) is 0.344. The molecule has 0 aromatic heterocycles. The molecule has 1 aliphatic rings. The third-order valence-corrected chi connectivity index (χ3v) is 5.26. The minimum absolute atomic E-state index is 0.0594. The summed E-state index contributed by atoms with van der Waals surface area (Å²) >= 11 is 0. The second-order valence-electron chi connectivity index (χ2n) is 6.96. The number of amides is 1. The Balaban J connectivity index is 1.58. The van der Waals surface area contributed by atoms with Gasteiger partial charge in [0.1, 0.15) is 0 Å². The van der Waals surface area contributed by atoms with Crippen molar-refractivity contribution in [2.24, 2.45) is 5.73 Å². The first-order valence-corrected chi connectivity index (χ1v) is 8.93. The molecule has 1 saturated heterocycles. The fourth-order valence-electron chi connectivity index (χ4n) is 3.53. The summed E-state index contributed by atoms with van der Waals surface area (Å²) < 4.78 is 0. The molecule has 4 nitrogen and oxygen atoms in total. The summed E-state index contributed by atoms with van der Waals surface area (Å²) in [6.45, 7) is 6.17. The number of nitrogens with one attached hydrogen (secondary N) is 1. The summed E-state index contributed by atoms with van der Waals surface area (Å²) in [6.07, 6.45) is 0. The third kappa shape index (κ3) is 4.09. The van der Waals surface area contributed by atoms with E-state index in [-0.39, 0.29) is 23.9 Å². The molecule has 0 spiro atoms. The highest BCUT2D eigenvalue weighted by molar-refractivity contribution is 5.81. The lowest BCUT2D eigenvalue weighted by Crippen LogP contribution is -2.44. The van der Waals surface area contributed by atoms with Gasteiger partial charge in [-0.25, -0.2) is 0 Å². The molecule has 132 valence electrons. The van der Waals surface area contributed by atoms with Crippen molar-refractivity contribution in [3.63, 3.8) is 0 Å². The molecule has 3 rings (SSSR count). The predicted octanol–water partition coefficient (Wildman–Crippen LogP) is 2.43. The Morgan fingerprint density at radius 3 is 2.56 bits per heavy atom. The molecule has 0 saturated carbocycles. The number of hydrogen-bond donors (Lipinski definition) is 2. The number of rotatable bonds is 5. The first kappa shape index (κ1) is 17.6. The molecule has 3 atom stereocenters. The molecule has 1 aliphatic heterocycles. The SMILES string of the molecule is Cc1ccccc1CNC(=O)C(C)N1C[C@@H](N)[C@H](c2ccccc2)C1. The van der Waals surface area contributed by atoms with Crippen molar-refractivity contribution in [2.75, 3.05) is 13.1 Å². The van der Waals surface area contributed by atoms with Crippen LogP contribution < -0.4 is 11.1 Å². The first-order valence-electron chi connectivity index (χ1n) is 8.93. The first-order chi connectivity index (χ1) is 12.1. The fourth-order valence-corrected chi connectivity index (χ4v) is 3.53. The lowest BCUT2D eigenvalue weighted by atomic mass is 9.95. The Hall–Kier alpha value is -2.17. The van der Waals surface area contributed by atoms with Crippen LogP contribution in [0.15, 0.2) is 54.6 Å². The van der Waals surface area contributed by atoms with Crippen LogP contribution in [0.25, 0.3) is 0 Å². The Bertz CT molecular complexity index is 716. The van der Waals surface area contributed by atoms with Gasteiger partial charge in [-0.15, -0.1) is 0 Å². The van der Waals surface area contributed by atoms with Gasteiger partial charge in [-0.2, -0.15) is 0 Å². The zero-order valence-corrected chi connectivity index (χ0v) is 15.0. The molecule has 4 heteroatoms. The number of nitrogens with zero attached hydrogens (tertiary/aromatic N) is 1. The molecule has 2 aromatic rings. The van der Waals surface area contributed by atoms with Gasteiger partial charge in [0.25, 0.3) is 0 Å². The summed E-state index contributed by atoms with van der Waals surface area (Å²) in [7, 11) is 0. The largest absolute Gasteiger partial charge is 0.351 e. The minimum atomic E-state index is -0.177. The normalized spacial score (nSPS) is 21.9. The van der Waals surface area contributed by atoms with Crippen LogP contribution >= 0.6 is 0 Å². The van der Waals surface area contributed by atoms with Crippen molar-refractivity contribution in [3.05, 3.63) is 71.3 Å². The zero-order chi connectivity index (χ0) is 17.8. The molecule has 3 N–H and O–H groups in total. The van der Waals surface area contributed by atoms with E-state index in [1.54, 1.807) is 0 Å². The zero-order valence-electron chi connectivity index (χ0n) is 15.0. The maximum absolute atomic E-state index is 12.6. The predicted molar refractivity (Wildman–Crippen MR) is 101 cm³/mol. The highest BCUT2D eigenvalue weighted by Gasteiger charge is 2.35. The number of benzene rings is 2. The van der Waals surface area contributed by atoms with E-state index in [0.29, 0.717) is 6.54 Å². The molecule has 0 radical (unpaired) electrons. The van der Waals surface area contributed by atoms with Crippen LogP contribution in [0.5, 0.6) is 0 Å². The molecule has 1 heterocycles. The van der Waals surface area contributed by atoms with Crippen LogP contribution in [0.4, 0.5) is 0 Å². The van der Waals surface area contributed by atoms with Crippen molar-refractivity contribution in [1.29, 1.82) is 0 Å². The number of carbonyl (C=O) groups excluding carboxylic acids is 1. The van der Waals surface area contributed by atoms with Gasteiger partial charge in [0.15, 0.2) is 0 Å². The molecular weight excluding hydrogens is 310 g/mol. The molecular formula is C21H27N3O. The molecule has 0 bridgehead atoms. The average molecular weight is 337 g/mol.